The summed E-state index contributed by atoms with van der Waals surface area (Å²) in [6.45, 7) is 4.66. The second-order valence-corrected chi connectivity index (χ2v) is 9.10. The number of benzene rings is 3. The number of nitrogens with zero attached hydrogens (tertiary/aromatic N) is 2. The first-order valence-electron chi connectivity index (χ1n) is 11.6. The van der Waals surface area contributed by atoms with Gasteiger partial charge in [-0.25, -0.2) is 0 Å². The lowest BCUT2D eigenvalue weighted by Gasteiger charge is -2.39. The highest BCUT2D eigenvalue weighted by atomic mass is 35.5. The summed E-state index contributed by atoms with van der Waals surface area (Å²) in [7, 11) is 0. The number of aromatic nitrogens is 1. The van der Waals surface area contributed by atoms with Gasteiger partial charge in [0.2, 0.25) is 0 Å². The Morgan fingerprint density at radius 2 is 1.52 bits per heavy atom. The van der Waals surface area contributed by atoms with Crippen LogP contribution in [0.1, 0.15) is 33.9 Å². The first-order chi connectivity index (χ1) is 16.2. The number of hydrogen-bond donors (Lipinski definition) is 1. The minimum absolute atomic E-state index is 0.164. The molecule has 3 aromatic carbocycles. The summed E-state index contributed by atoms with van der Waals surface area (Å²) in [5.74, 6) is 0.164. The number of ketones is 1. The maximum absolute atomic E-state index is 12.9. The van der Waals surface area contributed by atoms with Crippen molar-refractivity contribution in [2.45, 2.75) is 12.5 Å². The Hall–Kier alpha value is -2.92. The van der Waals surface area contributed by atoms with Crippen LogP contribution in [0.5, 0.6) is 0 Å². The molecule has 0 spiro atoms. The van der Waals surface area contributed by atoms with E-state index in [9.17, 15) is 4.79 Å². The first kappa shape index (κ1) is 21.9. The number of aromatic amines is 1. The van der Waals surface area contributed by atoms with Crippen molar-refractivity contribution in [3.63, 3.8) is 0 Å². The van der Waals surface area contributed by atoms with E-state index >= 15 is 0 Å². The van der Waals surface area contributed by atoms with Crippen LogP contribution >= 0.6 is 11.6 Å². The molecule has 1 saturated heterocycles. The Morgan fingerprint density at radius 3 is 2.15 bits per heavy atom. The van der Waals surface area contributed by atoms with Crippen LogP contribution in [0.3, 0.4) is 0 Å². The molecule has 4 aromatic rings. The molecule has 1 aliphatic rings. The number of piperazine rings is 1. The van der Waals surface area contributed by atoms with Crippen LogP contribution in [0.15, 0.2) is 85.1 Å². The zero-order valence-corrected chi connectivity index (χ0v) is 19.3. The standard InChI is InChI=1S/C28H28ClN3O/c29-23-11-12-26-24(19-23)25(20-30-26)27(33)13-14-31-15-17-32(18-16-31)28(21-7-3-1-4-8-21)22-9-5-2-6-10-22/h1-12,19-20,28,30H,13-18H2. The number of rotatable bonds is 7. The molecule has 0 amide bonds. The number of hydrogen-bond acceptors (Lipinski definition) is 3. The second kappa shape index (κ2) is 9.92. The van der Waals surface area contributed by atoms with Gasteiger partial charge in [-0.2, -0.15) is 0 Å². The molecular weight excluding hydrogens is 430 g/mol. The Morgan fingerprint density at radius 1 is 0.879 bits per heavy atom. The predicted molar refractivity (Wildman–Crippen MR) is 135 cm³/mol. The highest BCUT2D eigenvalue weighted by molar-refractivity contribution is 6.31. The van der Waals surface area contributed by atoms with Crippen LogP contribution < -0.4 is 0 Å². The van der Waals surface area contributed by atoms with Crippen molar-refractivity contribution in [1.29, 1.82) is 0 Å². The monoisotopic (exact) mass is 457 g/mol. The zero-order valence-electron chi connectivity index (χ0n) is 18.6. The van der Waals surface area contributed by atoms with Gasteiger partial charge in [0.1, 0.15) is 0 Å². The number of carbonyl (C=O) groups is 1. The van der Waals surface area contributed by atoms with Gasteiger partial charge in [-0.05, 0) is 29.3 Å². The van der Waals surface area contributed by atoms with Crippen molar-refractivity contribution in [1.82, 2.24) is 14.8 Å². The molecule has 1 aliphatic heterocycles. The van der Waals surface area contributed by atoms with E-state index in [1.807, 2.05) is 24.4 Å². The maximum atomic E-state index is 12.9. The van der Waals surface area contributed by atoms with E-state index in [4.69, 9.17) is 11.6 Å². The fourth-order valence-electron chi connectivity index (χ4n) is 4.85. The molecule has 0 saturated carbocycles. The van der Waals surface area contributed by atoms with Crippen LogP contribution in [0.2, 0.25) is 5.02 Å². The van der Waals surface area contributed by atoms with Gasteiger partial charge in [0.15, 0.2) is 5.78 Å². The molecule has 33 heavy (non-hydrogen) atoms. The van der Waals surface area contributed by atoms with E-state index in [0.29, 0.717) is 11.4 Å². The van der Waals surface area contributed by atoms with E-state index in [1.165, 1.54) is 11.1 Å². The Labute approximate surface area is 199 Å². The molecule has 168 valence electrons. The Bertz CT molecular complexity index is 1170. The first-order valence-corrected chi connectivity index (χ1v) is 11.9. The van der Waals surface area contributed by atoms with Crippen molar-refractivity contribution >= 4 is 28.3 Å². The smallest absolute Gasteiger partial charge is 0.166 e. The zero-order chi connectivity index (χ0) is 22.6. The molecule has 1 aromatic heterocycles. The maximum Gasteiger partial charge on any atom is 0.166 e. The van der Waals surface area contributed by atoms with Gasteiger partial charge in [-0.15, -0.1) is 0 Å². The molecule has 5 rings (SSSR count). The van der Waals surface area contributed by atoms with Crippen LogP contribution in [0, 0.1) is 0 Å². The van der Waals surface area contributed by atoms with Gasteiger partial charge < -0.3 is 9.88 Å². The van der Waals surface area contributed by atoms with E-state index in [1.54, 1.807) is 0 Å². The highest BCUT2D eigenvalue weighted by Gasteiger charge is 2.26. The van der Waals surface area contributed by atoms with Crippen molar-refractivity contribution in [2.75, 3.05) is 32.7 Å². The minimum Gasteiger partial charge on any atom is -0.360 e. The lowest BCUT2D eigenvalue weighted by molar-refractivity contribution is 0.0894. The van der Waals surface area contributed by atoms with E-state index in [-0.39, 0.29) is 11.8 Å². The summed E-state index contributed by atoms with van der Waals surface area (Å²) >= 11 is 6.14. The molecule has 0 bridgehead atoms. The van der Waals surface area contributed by atoms with E-state index in [0.717, 1.165) is 49.2 Å². The summed E-state index contributed by atoms with van der Waals surface area (Å²) in [6, 6.07) is 27.4. The molecule has 0 unspecified atom stereocenters. The average molecular weight is 458 g/mol. The van der Waals surface area contributed by atoms with E-state index in [2.05, 4.69) is 75.4 Å². The van der Waals surface area contributed by atoms with Crippen molar-refractivity contribution in [3.8, 4) is 0 Å². The van der Waals surface area contributed by atoms with Gasteiger partial charge in [0.05, 0.1) is 6.04 Å². The molecule has 4 nitrogen and oxygen atoms in total. The van der Waals surface area contributed by atoms with Gasteiger partial charge in [-0.1, -0.05) is 72.3 Å². The number of halogens is 1. The summed E-state index contributed by atoms with van der Waals surface area (Å²) < 4.78 is 0. The van der Waals surface area contributed by atoms with Crippen molar-refractivity contribution in [3.05, 3.63) is 107 Å². The average Bonchev–Trinajstić information content (AvgIpc) is 3.28. The third-order valence-electron chi connectivity index (χ3n) is 6.60. The largest absolute Gasteiger partial charge is 0.360 e. The minimum atomic E-state index is 0.164. The number of carbonyl (C=O) groups excluding carboxylic acids is 1. The molecule has 0 atom stereocenters. The molecule has 1 N–H and O–H groups in total. The SMILES string of the molecule is O=C(CCN1CCN(C(c2ccccc2)c2ccccc2)CC1)c1c[nH]c2ccc(Cl)cc12. The summed E-state index contributed by atoms with van der Waals surface area (Å²) in [5.41, 5.74) is 4.33. The normalized spacial score (nSPS) is 15.3. The molecule has 1 fully saturated rings. The van der Waals surface area contributed by atoms with E-state index < -0.39 is 0 Å². The van der Waals surface area contributed by atoms with Gasteiger partial charge in [0, 0.05) is 66.8 Å². The van der Waals surface area contributed by atoms with Crippen molar-refractivity contribution in [2.24, 2.45) is 0 Å². The molecular formula is C28H28ClN3O. The third-order valence-corrected chi connectivity index (χ3v) is 6.84. The predicted octanol–water partition coefficient (Wildman–Crippen LogP) is 5.80. The van der Waals surface area contributed by atoms with Crippen LogP contribution in [-0.4, -0.2) is 53.3 Å². The lowest BCUT2D eigenvalue weighted by atomic mass is 9.96. The second-order valence-electron chi connectivity index (χ2n) is 8.67. The van der Waals surface area contributed by atoms with Gasteiger partial charge >= 0.3 is 0 Å². The van der Waals surface area contributed by atoms with Gasteiger partial charge in [0.25, 0.3) is 0 Å². The number of Topliss-reactive ketones (excluding diaryl/α,β-unsaturated/α-hetero) is 1. The topological polar surface area (TPSA) is 39.3 Å². The summed E-state index contributed by atoms with van der Waals surface area (Å²) in [5, 5.41) is 1.56. The van der Waals surface area contributed by atoms with Crippen LogP contribution in [-0.2, 0) is 0 Å². The summed E-state index contributed by atoms with van der Waals surface area (Å²) in [6.07, 6.45) is 2.33. The Kier molecular flexibility index (Phi) is 6.58. The highest BCUT2D eigenvalue weighted by Crippen LogP contribution is 2.29. The van der Waals surface area contributed by atoms with Gasteiger partial charge in [-0.3, -0.25) is 9.69 Å². The summed E-state index contributed by atoms with van der Waals surface area (Å²) in [4.78, 5) is 21.1. The molecule has 0 aliphatic carbocycles. The number of fused-ring (bicyclic) bond motifs is 1. The lowest BCUT2D eigenvalue weighted by Crippen LogP contribution is -2.48. The van der Waals surface area contributed by atoms with Crippen LogP contribution in [0.25, 0.3) is 10.9 Å². The molecule has 5 heteroatoms. The fraction of sp³-hybridized carbons (Fsp3) is 0.250. The molecule has 2 heterocycles. The fourth-order valence-corrected chi connectivity index (χ4v) is 5.02. The Balaban J connectivity index is 1.22. The van der Waals surface area contributed by atoms with Crippen molar-refractivity contribution < 1.29 is 4.79 Å². The quantitative estimate of drug-likeness (QED) is 0.356. The number of nitrogens with one attached hydrogen (secondary N) is 1. The number of H-pyrrole nitrogens is 1. The van der Waals surface area contributed by atoms with Crippen LogP contribution in [0.4, 0.5) is 0 Å². The third kappa shape index (κ3) is 4.88. The molecule has 0 radical (unpaired) electrons.